The number of piperidine rings is 1. The van der Waals surface area contributed by atoms with E-state index >= 15 is 0 Å². The van der Waals surface area contributed by atoms with E-state index < -0.39 is 10.0 Å². The van der Waals surface area contributed by atoms with Crippen molar-refractivity contribution in [2.45, 2.75) is 50.8 Å². The Bertz CT molecular complexity index is 933. The van der Waals surface area contributed by atoms with Gasteiger partial charge < -0.3 is 9.84 Å². The molecule has 0 saturated carbocycles. The van der Waals surface area contributed by atoms with Crippen molar-refractivity contribution in [1.29, 1.82) is 0 Å². The number of nitrogens with zero attached hydrogens (tertiary/aromatic N) is 3. The Morgan fingerprint density at radius 1 is 1.21 bits per heavy atom. The minimum absolute atomic E-state index is 0.211. The number of hydrogen-bond donors (Lipinski definition) is 1. The maximum absolute atomic E-state index is 13.0. The zero-order valence-corrected chi connectivity index (χ0v) is 17.1. The highest BCUT2D eigenvalue weighted by Crippen LogP contribution is 2.24. The summed E-state index contributed by atoms with van der Waals surface area (Å²) in [6.07, 6.45) is 4.02. The molecule has 8 nitrogen and oxygen atoms in total. The van der Waals surface area contributed by atoms with Gasteiger partial charge in [-0.1, -0.05) is 17.6 Å². The van der Waals surface area contributed by atoms with E-state index in [0.717, 1.165) is 19.3 Å². The van der Waals surface area contributed by atoms with Crippen molar-refractivity contribution in [2.75, 3.05) is 19.6 Å². The SMILES string of the molecule is Cc1noc(CCCNC(=O)c2ccc(C)c(S(=O)(=O)N3CCCCC3)c2)n1. The smallest absolute Gasteiger partial charge is 0.251 e. The summed E-state index contributed by atoms with van der Waals surface area (Å²) >= 11 is 0. The number of carbonyl (C=O) groups excluding carboxylic acids is 1. The van der Waals surface area contributed by atoms with Crippen molar-refractivity contribution in [2.24, 2.45) is 0 Å². The fourth-order valence-electron chi connectivity index (χ4n) is 3.25. The molecule has 0 spiro atoms. The molecule has 1 N–H and O–H groups in total. The highest BCUT2D eigenvalue weighted by atomic mass is 32.2. The molecule has 1 aromatic carbocycles. The van der Waals surface area contributed by atoms with Crippen LogP contribution in [0.5, 0.6) is 0 Å². The first kappa shape index (κ1) is 20.5. The van der Waals surface area contributed by atoms with Gasteiger partial charge in [-0.05, 0) is 50.8 Å². The Morgan fingerprint density at radius 3 is 2.64 bits per heavy atom. The van der Waals surface area contributed by atoms with Gasteiger partial charge in [0.25, 0.3) is 5.91 Å². The summed E-state index contributed by atoms with van der Waals surface area (Å²) in [6.45, 7) is 5.01. The molecule has 152 valence electrons. The van der Waals surface area contributed by atoms with Gasteiger partial charge >= 0.3 is 0 Å². The molecule has 0 radical (unpaired) electrons. The van der Waals surface area contributed by atoms with E-state index in [1.54, 1.807) is 26.0 Å². The minimum atomic E-state index is -3.58. The highest BCUT2D eigenvalue weighted by molar-refractivity contribution is 7.89. The first-order chi connectivity index (χ1) is 13.4. The maximum atomic E-state index is 13.0. The van der Waals surface area contributed by atoms with Crippen molar-refractivity contribution in [3.05, 3.63) is 41.0 Å². The van der Waals surface area contributed by atoms with Gasteiger partial charge in [-0.15, -0.1) is 0 Å². The third-order valence-electron chi connectivity index (χ3n) is 4.81. The summed E-state index contributed by atoms with van der Waals surface area (Å²) in [5, 5.41) is 6.54. The van der Waals surface area contributed by atoms with Crippen molar-refractivity contribution < 1.29 is 17.7 Å². The number of sulfonamides is 1. The van der Waals surface area contributed by atoms with Gasteiger partial charge in [-0.2, -0.15) is 9.29 Å². The van der Waals surface area contributed by atoms with E-state index in [-0.39, 0.29) is 10.8 Å². The largest absolute Gasteiger partial charge is 0.352 e. The number of hydrogen-bond acceptors (Lipinski definition) is 6. The number of nitrogens with one attached hydrogen (secondary N) is 1. The second-order valence-corrected chi connectivity index (χ2v) is 8.95. The number of aryl methyl sites for hydroxylation is 3. The molecule has 9 heteroatoms. The number of benzene rings is 1. The van der Waals surface area contributed by atoms with Crippen LogP contribution in [0, 0.1) is 13.8 Å². The quantitative estimate of drug-likeness (QED) is 0.707. The predicted molar refractivity (Wildman–Crippen MR) is 103 cm³/mol. The summed E-state index contributed by atoms with van der Waals surface area (Å²) < 4.78 is 32.5. The zero-order chi connectivity index (χ0) is 20.1. The van der Waals surface area contributed by atoms with Gasteiger partial charge in [-0.25, -0.2) is 8.42 Å². The molecule has 2 heterocycles. The van der Waals surface area contributed by atoms with Gasteiger partial charge in [0, 0.05) is 31.6 Å². The number of aromatic nitrogens is 2. The summed E-state index contributed by atoms with van der Waals surface area (Å²) in [5.41, 5.74) is 0.990. The second-order valence-electron chi connectivity index (χ2n) is 7.04. The Labute approximate surface area is 165 Å². The van der Waals surface area contributed by atoms with Gasteiger partial charge in [0.15, 0.2) is 5.82 Å². The van der Waals surface area contributed by atoms with Crippen LogP contribution in [0.3, 0.4) is 0 Å². The molecule has 2 aromatic rings. The van der Waals surface area contributed by atoms with Crippen LogP contribution in [0.25, 0.3) is 0 Å². The monoisotopic (exact) mass is 406 g/mol. The first-order valence-electron chi connectivity index (χ1n) is 9.56. The van der Waals surface area contributed by atoms with Crippen LogP contribution in [0.4, 0.5) is 0 Å². The number of carbonyl (C=O) groups is 1. The Kier molecular flexibility index (Phi) is 6.46. The lowest BCUT2D eigenvalue weighted by Crippen LogP contribution is -2.36. The van der Waals surface area contributed by atoms with Crippen LogP contribution in [0.2, 0.25) is 0 Å². The summed E-state index contributed by atoms with van der Waals surface area (Å²) in [5.74, 6) is 0.829. The molecule has 0 bridgehead atoms. The van der Waals surface area contributed by atoms with Crippen LogP contribution in [0.1, 0.15) is 53.3 Å². The van der Waals surface area contributed by atoms with E-state index in [9.17, 15) is 13.2 Å². The van der Waals surface area contributed by atoms with Crippen molar-refractivity contribution in [1.82, 2.24) is 19.8 Å². The van der Waals surface area contributed by atoms with Crippen LogP contribution in [-0.4, -0.2) is 48.4 Å². The third-order valence-corrected chi connectivity index (χ3v) is 6.85. The molecule has 28 heavy (non-hydrogen) atoms. The van der Waals surface area contributed by atoms with E-state index in [1.165, 1.54) is 10.4 Å². The number of amides is 1. The predicted octanol–water partition coefficient (Wildman–Crippen LogP) is 2.22. The summed E-state index contributed by atoms with van der Waals surface area (Å²) in [6, 6.07) is 4.82. The van der Waals surface area contributed by atoms with Gasteiger partial charge in [-0.3, -0.25) is 4.79 Å². The van der Waals surface area contributed by atoms with Crippen molar-refractivity contribution in [3.8, 4) is 0 Å². The van der Waals surface area contributed by atoms with E-state index in [0.29, 0.717) is 55.3 Å². The first-order valence-corrected chi connectivity index (χ1v) is 11.0. The molecular formula is C19H26N4O4S. The molecule has 1 aliphatic heterocycles. The van der Waals surface area contributed by atoms with Crippen LogP contribution in [0.15, 0.2) is 27.6 Å². The van der Waals surface area contributed by atoms with E-state index in [1.807, 2.05) is 0 Å². The molecule has 0 aliphatic carbocycles. The van der Waals surface area contributed by atoms with Gasteiger partial charge in [0.1, 0.15) is 0 Å². The number of rotatable bonds is 7. The Hall–Kier alpha value is -2.26. The van der Waals surface area contributed by atoms with E-state index in [4.69, 9.17) is 4.52 Å². The van der Waals surface area contributed by atoms with E-state index in [2.05, 4.69) is 15.5 Å². The zero-order valence-electron chi connectivity index (χ0n) is 16.3. The summed E-state index contributed by atoms with van der Waals surface area (Å²) in [7, 11) is -3.58. The molecular weight excluding hydrogens is 380 g/mol. The average Bonchev–Trinajstić information content (AvgIpc) is 3.11. The lowest BCUT2D eigenvalue weighted by molar-refractivity contribution is 0.0952. The lowest BCUT2D eigenvalue weighted by atomic mass is 10.1. The Morgan fingerprint density at radius 2 is 1.96 bits per heavy atom. The van der Waals surface area contributed by atoms with Crippen LogP contribution in [-0.2, 0) is 16.4 Å². The third kappa shape index (κ3) is 4.77. The maximum Gasteiger partial charge on any atom is 0.251 e. The van der Waals surface area contributed by atoms with Crippen molar-refractivity contribution >= 4 is 15.9 Å². The van der Waals surface area contributed by atoms with Crippen molar-refractivity contribution in [3.63, 3.8) is 0 Å². The topological polar surface area (TPSA) is 105 Å². The van der Waals surface area contributed by atoms with Crippen LogP contribution < -0.4 is 5.32 Å². The molecule has 1 aliphatic rings. The highest BCUT2D eigenvalue weighted by Gasteiger charge is 2.28. The molecule has 0 unspecified atom stereocenters. The second kappa shape index (κ2) is 8.83. The molecule has 1 amide bonds. The van der Waals surface area contributed by atoms with Gasteiger partial charge in [0.05, 0.1) is 4.90 Å². The van der Waals surface area contributed by atoms with Crippen LogP contribution >= 0.6 is 0 Å². The molecule has 1 fully saturated rings. The fraction of sp³-hybridized carbons (Fsp3) is 0.526. The average molecular weight is 407 g/mol. The molecule has 3 rings (SSSR count). The Balaban J connectivity index is 1.63. The fourth-order valence-corrected chi connectivity index (χ4v) is 5.02. The van der Waals surface area contributed by atoms with Gasteiger partial charge in [0.2, 0.25) is 15.9 Å². The molecule has 1 aromatic heterocycles. The normalized spacial score (nSPS) is 15.5. The molecule has 1 saturated heterocycles. The standard InChI is InChI=1S/C19H26N4O4S/c1-14-8-9-16(13-17(14)28(25,26)23-11-4-3-5-12-23)19(24)20-10-6-7-18-21-15(2)22-27-18/h8-9,13H,3-7,10-12H2,1-2H3,(H,20,24). The molecule has 0 atom stereocenters. The lowest BCUT2D eigenvalue weighted by Gasteiger charge is -2.26. The minimum Gasteiger partial charge on any atom is -0.352 e. The summed E-state index contributed by atoms with van der Waals surface area (Å²) in [4.78, 5) is 16.8.